The van der Waals surface area contributed by atoms with E-state index >= 15 is 9.59 Å². The lowest BCUT2D eigenvalue weighted by Gasteiger charge is -2.49. The van der Waals surface area contributed by atoms with Crippen LogP contribution in [-0.2, 0) is 32.8 Å². The van der Waals surface area contributed by atoms with E-state index in [0.717, 1.165) is 31.0 Å². The van der Waals surface area contributed by atoms with Crippen molar-refractivity contribution in [1.29, 1.82) is 0 Å². The van der Waals surface area contributed by atoms with Gasteiger partial charge in [-0.3, -0.25) is 28.8 Å². The van der Waals surface area contributed by atoms with Crippen molar-refractivity contribution in [3.05, 3.63) is 130 Å². The van der Waals surface area contributed by atoms with Crippen LogP contribution in [0.15, 0.2) is 109 Å². The minimum absolute atomic E-state index is 0.100. The maximum Gasteiger partial charge on any atom is 0.488 e. The number of rotatable bonds is 8. The maximum atomic E-state index is 15.3. The van der Waals surface area contributed by atoms with E-state index in [2.05, 4.69) is 0 Å². The Morgan fingerprint density at radius 2 is 1.69 bits per heavy atom. The fourth-order valence-corrected chi connectivity index (χ4v) is 11.8. The Morgan fingerprint density at radius 1 is 0.903 bits per heavy atom. The lowest BCUT2D eigenvalue weighted by atomic mass is 9.51. The summed E-state index contributed by atoms with van der Waals surface area (Å²) in [5.74, 6) is -5.38. The fourth-order valence-electron chi connectivity index (χ4n) is 10.5. The van der Waals surface area contributed by atoms with E-state index in [9.17, 15) is 24.7 Å². The zero-order chi connectivity index (χ0) is 43.4. The van der Waals surface area contributed by atoms with Gasteiger partial charge in [-0.05, 0) is 91.0 Å². The molecule has 6 atom stereocenters. The molecule has 15 heteroatoms. The van der Waals surface area contributed by atoms with Crippen LogP contribution in [-0.4, -0.2) is 55.7 Å². The highest BCUT2D eigenvalue weighted by Gasteiger charge is 2.68. The molecule has 0 unspecified atom stereocenters. The lowest BCUT2D eigenvalue weighted by Crippen LogP contribution is -2.49. The first-order chi connectivity index (χ1) is 29.8. The number of benzene rings is 4. The number of hydrogen-bond acceptors (Lipinski definition) is 10. The van der Waals surface area contributed by atoms with Crippen molar-refractivity contribution in [2.75, 3.05) is 9.80 Å². The monoisotopic (exact) mass is 866 g/mol. The van der Waals surface area contributed by atoms with E-state index in [1.807, 2.05) is 61.5 Å². The summed E-state index contributed by atoms with van der Waals surface area (Å²) >= 11 is 7.88. The van der Waals surface area contributed by atoms with Gasteiger partial charge in [0.1, 0.15) is 29.6 Å². The van der Waals surface area contributed by atoms with Crippen molar-refractivity contribution < 1.29 is 39.1 Å². The Labute approximate surface area is 365 Å². The average Bonchev–Trinajstić information content (AvgIpc) is 3.93. The summed E-state index contributed by atoms with van der Waals surface area (Å²) < 4.78 is 8.61. The number of phenolic OH excluding ortho intramolecular Hbond substituents is 1. The number of imide groups is 2. The fraction of sp³-hybridized carbons (Fsp3) is 0.255. The zero-order valence-corrected chi connectivity index (χ0v) is 35.4. The van der Waals surface area contributed by atoms with Gasteiger partial charge < -0.3 is 19.9 Å². The summed E-state index contributed by atoms with van der Waals surface area (Å²) in [6.07, 6.45) is 2.20. The standard InChI is InChI=1S/C47H40BClN4O8S/c1-24-33-19-27(49)12-17-38(33)62-42(24)36-22-39(51(3)50-36)53-44(56)35-21-34-30(15-16-32-40(34)45(57)52(43(32)55)28-11-7-10-26(18-28)48(59)60)41(47(35,2)46(53)58)31-14-13-29(20-37(31)54)61-23-25-8-5-4-6-9-25/h4-15,17-20,22,32,34-35,40-41,54,59-60H,16,21,23H2,1-3H3/t32-,34+,35-,40-,41+,47+/m0/s1. The van der Waals surface area contributed by atoms with Crippen LogP contribution in [0.5, 0.6) is 11.5 Å². The Balaban J connectivity index is 1.06. The van der Waals surface area contributed by atoms with Gasteiger partial charge in [0.05, 0.1) is 33.7 Å². The number of carbonyl (C=O) groups is 4. The Morgan fingerprint density at radius 3 is 2.45 bits per heavy atom. The third-order valence-electron chi connectivity index (χ3n) is 13.5. The minimum atomic E-state index is -1.81. The SMILES string of the molecule is Cc1c(-c2cc(N3C(=O)[C@@H]4C[C@@H]5C(=CC[C@@H]6C(=O)N(c7cccc(B(O)O)c7)C(=O)[C@@H]65)[C@H](c5ccc(OCc6ccccc6)cc5O)[C@]4(C)C3=O)n(C)n2)sc2ccc(Cl)cc12. The Hall–Kier alpha value is -6.06. The lowest BCUT2D eigenvalue weighted by molar-refractivity contribution is -0.131. The number of carbonyl (C=O) groups excluding carboxylic acids is 4. The molecule has 4 amide bonds. The summed E-state index contributed by atoms with van der Waals surface area (Å²) in [4.78, 5) is 62.4. The molecule has 0 spiro atoms. The van der Waals surface area contributed by atoms with Crippen molar-refractivity contribution in [3.63, 3.8) is 0 Å². The van der Waals surface area contributed by atoms with E-state index in [0.29, 0.717) is 27.6 Å². The average molecular weight is 867 g/mol. The number of anilines is 2. The number of halogens is 1. The molecule has 4 heterocycles. The predicted octanol–water partition coefficient (Wildman–Crippen LogP) is 6.66. The summed E-state index contributed by atoms with van der Waals surface area (Å²) in [6, 6.07) is 28.0. The quantitative estimate of drug-likeness (QED) is 0.0863. The summed E-state index contributed by atoms with van der Waals surface area (Å²) in [5.41, 5.74) is 2.50. The second-order valence-electron chi connectivity index (χ2n) is 16.8. The van der Waals surface area contributed by atoms with Crippen molar-refractivity contribution in [2.45, 2.75) is 39.2 Å². The van der Waals surface area contributed by atoms with Crippen molar-refractivity contribution in [3.8, 4) is 22.1 Å². The Bertz CT molecular complexity index is 2910. The van der Waals surface area contributed by atoms with E-state index < -0.39 is 65.8 Å². The number of fused-ring (bicyclic) bond motifs is 5. The molecule has 312 valence electrons. The van der Waals surface area contributed by atoms with Crippen LogP contribution >= 0.6 is 22.9 Å². The molecule has 4 aliphatic rings. The van der Waals surface area contributed by atoms with E-state index in [1.54, 1.807) is 55.6 Å². The van der Waals surface area contributed by atoms with Gasteiger partial charge in [0.2, 0.25) is 23.6 Å². The smallest absolute Gasteiger partial charge is 0.488 e. The van der Waals surface area contributed by atoms with Crippen molar-refractivity contribution >= 4 is 80.7 Å². The summed E-state index contributed by atoms with van der Waals surface area (Å²) in [6.45, 7) is 4.01. The molecule has 6 aromatic rings. The van der Waals surface area contributed by atoms with Crippen LogP contribution < -0.4 is 20.0 Å². The second-order valence-corrected chi connectivity index (χ2v) is 18.3. The molecule has 2 aliphatic carbocycles. The van der Waals surface area contributed by atoms with Crippen LogP contribution in [0.1, 0.15) is 42.4 Å². The number of thiophene rings is 1. The molecule has 2 saturated heterocycles. The number of nitrogens with zero attached hydrogens (tertiary/aromatic N) is 4. The zero-order valence-electron chi connectivity index (χ0n) is 33.9. The highest BCUT2D eigenvalue weighted by molar-refractivity contribution is 7.22. The topological polar surface area (TPSA) is 162 Å². The largest absolute Gasteiger partial charge is 0.508 e. The van der Waals surface area contributed by atoms with Crippen LogP contribution in [0.4, 0.5) is 11.5 Å². The molecule has 0 bridgehead atoms. The van der Waals surface area contributed by atoms with Crippen LogP contribution in [0.25, 0.3) is 20.7 Å². The van der Waals surface area contributed by atoms with Crippen LogP contribution in [0.2, 0.25) is 5.02 Å². The third kappa shape index (κ3) is 6.06. The second kappa shape index (κ2) is 14.8. The maximum absolute atomic E-state index is 15.3. The first kappa shape index (κ1) is 40.0. The van der Waals surface area contributed by atoms with Crippen molar-refractivity contribution in [1.82, 2.24) is 9.78 Å². The van der Waals surface area contributed by atoms with Gasteiger partial charge in [0.15, 0.2) is 0 Å². The van der Waals surface area contributed by atoms with Crippen LogP contribution in [0.3, 0.4) is 0 Å². The molecule has 0 radical (unpaired) electrons. The molecule has 62 heavy (non-hydrogen) atoms. The number of aromatic hydroxyl groups is 1. The van der Waals surface area contributed by atoms with E-state index in [1.165, 1.54) is 27.8 Å². The number of hydrogen-bond donors (Lipinski definition) is 3. The first-order valence-electron chi connectivity index (χ1n) is 20.4. The summed E-state index contributed by atoms with van der Waals surface area (Å²) in [5, 5.41) is 38.1. The molecule has 4 aromatic carbocycles. The molecule has 2 aliphatic heterocycles. The predicted molar refractivity (Wildman–Crippen MR) is 236 cm³/mol. The van der Waals surface area contributed by atoms with Gasteiger partial charge >= 0.3 is 7.12 Å². The van der Waals surface area contributed by atoms with Crippen molar-refractivity contribution in [2.24, 2.45) is 36.1 Å². The molecule has 2 aromatic heterocycles. The molecule has 3 fully saturated rings. The van der Waals surface area contributed by atoms with Gasteiger partial charge in [0, 0.05) is 40.4 Å². The number of aryl methyl sites for hydroxylation is 2. The van der Waals surface area contributed by atoms with Gasteiger partial charge in [-0.1, -0.05) is 71.8 Å². The van der Waals surface area contributed by atoms with Gasteiger partial charge in [-0.2, -0.15) is 5.10 Å². The highest BCUT2D eigenvalue weighted by Crippen LogP contribution is 2.64. The molecular weight excluding hydrogens is 827 g/mol. The van der Waals surface area contributed by atoms with E-state index in [-0.39, 0.29) is 42.2 Å². The third-order valence-corrected chi connectivity index (χ3v) is 15.0. The highest BCUT2D eigenvalue weighted by atomic mass is 35.5. The van der Waals surface area contributed by atoms with Crippen LogP contribution in [0, 0.1) is 36.0 Å². The number of phenols is 1. The first-order valence-corrected chi connectivity index (χ1v) is 21.6. The number of ether oxygens (including phenoxy) is 1. The number of allylic oxidation sites excluding steroid dienone is 2. The van der Waals surface area contributed by atoms with Gasteiger partial charge in [0.25, 0.3) is 0 Å². The molecular formula is C47H40BClN4O8S. The Kier molecular flexibility index (Phi) is 9.56. The molecule has 10 rings (SSSR count). The molecule has 1 saturated carbocycles. The normalized spacial score (nSPS) is 24.4. The van der Waals surface area contributed by atoms with Gasteiger partial charge in [-0.25, -0.2) is 4.90 Å². The summed E-state index contributed by atoms with van der Waals surface area (Å²) in [7, 11) is -0.120. The number of amides is 4. The minimum Gasteiger partial charge on any atom is -0.508 e. The molecule has 12 nitrogen and oxygen atoms in total. The van der Waals surface area contributed by atoms with Gasteiger partial charge in [-0.15, -0.1) is 11.3 Å². The molecule has 3 N–H and O–H groups in total. The van der Waals surface area contributed by atoms with E-state index in [4.69, 9.17) is 21.4 Å². The number of aromatic nitrogens is 2.